The summed E-state index contributed by atoms with van der Waals surface area (Å²) >= 11 is 0. The van der Waals surface area contributed by atoms with Gasteiger partial charge in [0.25, 0.3) is 0 Å². The van der Waals surface area contributed by atoms with Crippen LogP contribution in [0.3, 0.4) is 0 Å². The summed E-state index contributed by atoms with van der Waals surface area (Å²) in [7, 11) is 0. The standard InChI is InChI=1S/C15H21NO2/c17-14-5-3-11-8-13(4-2-12(11)9-14)16-10-15(18)6-1-7-15/h3,5,9,13,16-18H,1-2,4,6-8,10H2. The molecule has 1 aromatic carbocycles. The number of nitrogens with one attached hydrogen (secondary N) is 1. The average Bonchev–Trinajstić information content (AvgIpc) is 2.34. The van der Waals surface area contributed by atoms with Gasteiger partial charge < -0.3 is 15.5 Å². The van der Waals surface area contributed by atoms with Crippen LogP contribution in [-0.2, 0) is 12.8 Å². The highest BCUT2D eigenvalue weighted by atomic mass is 16.3. The lowest BCUT2D eigenvalue weighted by molar-refractivity contribution is -0.0334. The summed E-state index contributed by atoms with van der Waals surface area (Å²) in [4.78, 5) is 0. The Morgan fingerprint density at radius 1 is 1.28 bits per heavy atom. The molecule has 98 valence electrons. The van der Waals surface area contributed by atoms with Gasteiger partial charge in [0.2, 0.25) is 0 Å². The van der Waals surface area contributed by atoms with Crippen LogP contribution in [0.25, 0.3) is 0 Å². The third-order valence-corrected chi connectivity index (χ3v) is 4.42. The van der Waals surface area contributed by atoms with E-state index < -0.39 is 5.60 Å². The van der Waals surface area contributed by atoms with Crippen molar-refractivity contribution in [3.8, 4) is 5.75 Å². The van der Waals surface area contributed by atoms with Crippen LogP contribution in [-0.4, -0.2) is 28.4 Å². The summed E-state index contributed by atoms with van der Waals surface area (Å²) < 4.78 is 0. The van der Waals surface area contributed by atoms with Gasteiger partial charge in [-0.05, 0) is 61.8 Å². The maximum atomic E-state index is 10.1. The van der Waals surface area contributed by atoms with Crippen LogP contribution in [0.5, 0.6) is 5.75 Å². The highest BCUT2D eigenvalue weighted by Gasteiger charge is 2.34. The second-order valence-electron chi connectivity index (χ2n) is 5.85. The van der Waals surface area contributed by atoms with Crippen molar-refractivity contribution in [2.75, 3.05) is 6.54 Å². The van der Waals surface area contributed by atoms with Crippen molar-refractivity contribution in [3.63, 3.8) is 0 Å². The number of aryl methyl sites for hydroxylation is 1. The molecule has 1 saturated carbocycles. The van der Waals surface area contributed by atoms with E-state index in [2.05, 4.69) is 5.32 Å². The molecule has 3 rings (SSSR count). The molecule has 1 fully saturated rings. The average molecular weight is 247 g/mol. The molecule has 2 aliphatic rings. The van der Waals surface area contributed by atoms with Gasteiger partial charge in [0.05, 0.1) is 5.60 Å². The van der Waals surface area contributed by atoms with Crippen LogP contribution in [0.4, 0.5) is 0 Å². The van der Waals surface area contributed by atoms with Crippen LogP contribution in [0.2, 0.25) is 0 Å². The molecule has 0 saturated heterocycles. The normalized spacial score (nSPS) is 25.3. The number of hydrogen-bond donors (Lipinski definition) is 3. The van der Waals surface area contributed by atoms with E-state index in [4.69, 9.17) is 0 Å². The zero-order valence-corrected chi connectivity index (χ0v) is 10.7. The number of phenols is 1. The number of rotatable bonds is 3. The third-order valence-electron chi connectivity index (χ3n) is 4.42. The predicted octanol–water partition coefficient (Wildman–Crippen LogP) is 1.75. The summed E-state index contributed by atoms with van der Waals surface area (Å²) in [6.07, 6.45) is 6.15. The minimum atomic E-state index is -0.435. The van der Waals surface area contributed by atoms with Crippen LogP contribution in [0.15, 0.2) is 18.2 Å². The molecule has 18 heavy (non-hydrogen) atoms. The number of phenolic OH excluding ortho intramolecular Hbond substituents is 1. The number of fused-ring (bicyclic) bond motifs is 1. The Morgan fingerprint density at radius 2 is 2.11 bits per heavy atom. The van der Waals surface area contributed by atoms with Gasteiger partial charge in [0, 0.05) is 12.6 Å². The zero-order valence-electron chi connectivity index (χ0n) is 10.7. The van der Waals surface area contributed by atoms with E-state index in [1.54, 1.807) is 6.07 Å². The van der Waals surface area contributed by atoms with E-state index in [0.717, 1.165) is 45.1 Å². The van der Waals surface area contributed by atoms with Gasteiger partial charge >= 0.3 is 0 Å². The van der Waals surface area contributed by atoms with Crippen LogP contribution in [0, 0.1) is 0 Å². The summed E-state index contributed by atoms with van der Waals surface area (Å²) in [6, 6.07) is 6.13. The number of hydrogen-bond acceptors (Lipinski definition) is 3. The summed E-state index contributed by atoms with van der Waals surface area (Å²) in [6.45, 7) is 0.727. The van der Waals surface area contributed by atoms with E-state index in [1.807, 2.05) is 12.1 Å². The van der Waals surface area contributed by atoms with Gasteiger partial charge in [-0.1, -0.05) is 6.07 Å². The highest BCUT2D eigenvalue weighted by Crippen LogP contribution is 2.31. The Hall–Kier alpha value is -1.06. The van der Waals surface area contributed by atoms with Crippen molar-refractivity contribution >= 4 is 0 Å². The summed E-state index contributed by atoms with van der Waals surface area (Å²) in [5.41, 5.74) is 2.17. The molecular weight excluding hydrogens is 226 g/mol. The van der Waals surface area contributed by atoms with Crippen molar-refractivity contribution in [2.24, 2.45) is 0 Å². The Bertz CT molecular complexity index is 440. The van der Waals surface area contributed by atoms with Gasteiger partial charge in [0.15, 0.2) is 0 Å². The molecule has 1 aromatic rings. The quantitative estimate of drug-likeness (QED) is 0.763. The van der Waals surface area contributed by atoms with Gasteiger partial charge in [-0.3, -0.25) is 0 Å². The fourth-order valence-corrected chi connectivity index (χ4v) is 3.01. The Kier molecular flexibility index (Phi) is 3.04. The largest absolute Gasteiger partial charge is 0.508 e. The maximum absolute atomic E-state index is 10.1. The minimum absolute atomic E-state index is 0.365. The first-order chi connectivity index (χ1) is 8.65. The first-order valence-corrected chi connectivity index (χ1v) is 6.91. The molecular formula is C15H21NO2. The van der Waals surface area contributed by atoms with E-state index in [9.17, 15) is 10.2 Å². The number of aromatic hydroxyl groups is 1. The fraction of sp³-hybridized carbons (Fsp3) is 0.600. The van der Waals surface area contributed by atoms with Crippen molar-refractivity contribution in [1.29, 1.82) is 0 Å². The molecule has 0 radical (unpaired) electrons. The van der Waals surface area contributed by atoms with Gasteiger partial charge in [-0.25, -0.2) is 0 Å². The summed E-state index contributed by atoms with van der Waals surface area (Å²) in [5.74, 6) is 0.365. The molecule has 0 spiro atoms. The monoisotopic (exact) mass is 247 g/mol. The minimum Gasteiger partial charge on any atom is -0.508 e. The van der Waals surface area contributed by atoms with Crippen molar-refractivity contribution in [2.45, 2.75) is 50.2 Å². The van der Waals surface area contributed by atoms with E-state index in [0.29, 0.717) is 11.8 Å². The molecule has 0 heterocycles. The van der Waals surface area contributed by atoms with Crippen molar-refractivity contribution < 1.29 is 10.2 Å². The molecule has 0 bridgehead atoms. The molecule has 2 aliphatic carbocycles. The van der Waals surface area contributed by atoms with Gasteiger partial charge in [0.1, 0.15) is 5.75 Å². The second-order valence-corrected chi connectivity index (χ2v) is 5.85. The third kappa shape index (κ3) is 2.38. The Balaban J connectivity index is 1.59. The lowest BCUT2D eigenvalue weighted by Crippen LogP contribution is -2.50. The molecule has 0 aliphatic heterocycles. The second kappa shape index (κ2) is 4.56. The predicted molar refractivity (Wildman–Crippen MR) is 70.7 cm³/mol. The maximum Gasteiger partial charge on any atom is 0.115 e. The van der Waals surface area contributed by atoms with E-state index in [-0.39, 0.29) is 0 Å². The number of benzene rings is 1. The van der Waals surface area contributed by atoms with Crippen LogP contribution >= 0.6 is 0 Å². The molecule has 3 heteroatoms. The molecule has 0 amide bonds. The molecule has 3 N–H and O–H groups in total. The first-order valence-electron chi connectivity index (χ1n) is 6.91. The van der Waals surface area contributed by atoms with Crippen LogP contribution < -0.4 is 5.32 Å². The lowest BCUT2D eigenvalue weighted by atomic mass is 9.79. The highest BCUT2D eigenvalue weighted by molar-refractivity contribution is 5.37. The summed E-state index contributed by atoms with van der Waals surface area (Å²) in [5, 5.41) is 23.0. The molecule has 1 unspecified atom stereocenters. The van der Waals surface area contributed by atoms with E-state index >= 15 is 0 Å². The molecule has 3 nitrogen and oxygen atoms in total. The van der Waals surface area contributed by atoms with Crippen molar-refractivity contribution in [1.82, 2.24) is 5.32 Å². The van der Waals surface area contributed by atoms with Crippen LogP contribution in [0.1, 0.15) is 36.8 Å². The topological polar surface area (TPSA) is 52.5 Å². The number of aliphatic hydroxyl groups is 1. The van der Waals surface area contributed by atoms with Gasteiger partial charge in [-0.15, -0.1) is 0 Å². The smallest absolute Gasteiger partial charge is 0.115 e. The Labute approximate surface area is 108 Å². The lowest BCUT2D eigenvalue weighted by Gasteiger charge is -2.38. The Morgan fingerprint density at radius 3 is 2.83 bits per heavy atom. The SMILES string of the molecule is Oc1ccc2c(c1)CCC(NCC1(O)CCC1)C2. The fourth-order valence-electron chi connectivity index (χ4n) is 3.01. The van der Waals surface area contributed by atoms with Gasteiger partial charge in [-0.2, -0.15) is 0 Å². The molecule has 1 atom stereocenters. The zero-order chi connectivity index (χ0) is 12.6. The van der Waals surface area contributed by atoms with Crippen molar-refractivity contribution in [3.05, 3.63) is 29.3 Å². The first kappa shape index (κ1) is 12.0. The molecule has 0 aromatic heterocycles. The van der Waals surface area contributed by atoms with E-state index in [1.165, 1.54) is 11.1 Å².